The van der Waals surface area contributed by atoms with Crippen LogP contribution in [0.15, 0.2) is 66.9 Å². The van der Waals surface area contributed by atoms with Crippen molar-refractivity contribution in [1.29, 1.82) is 0 Å². The SMILES string of the molecule is C=CCN1C(=O)C(c2ccc(C)cc2C)=C(N(C)c2ccccc2)C1=O. The summed E-state index contributed by atoms with van der Waals surface area (Å²) in [5, 5.41) is 0. The fraction of sp³-hybridized carbons (Fsp3) is 0.182. The first kappa shape index (κ1) is 17.7. The zero-order valence-electron chi connectivity index (χ0n) is 15.3. The topological polar surface area (TPSA) is 40.6 Å². The molecule has 0 radical (unpaired) electrons. The smallest absolute Gasteiger partial charge is 0.278 e. The summed E-state index contributed by atoms with van der Waals surface area (Å²) in [4.78, 5) is 29.1. The van der Waals surface area contributed by atoms with Crippen LogP contribution >= 0.6 is 0 Å². The summed E-state index contributed by atoms with van der Waals surface area (Å²) < 4.78 is 0. The van der Waals surface area contributed by atoms with Crippen LogP contribution in [0.3, 0.4) is 0 Å². The van der Waals surface area contributed by atoms with E-state index in [4.69, 9.17) is 0 Å². The summed E-state index contributed by atoms with van der Waals surface area (Å²) in [5.41, 5.74) is 4.57. The summed E-state index contributed by atoms with van der Waals surface area (Å²) in [6, 6.07) is 15.5. The third kappa shape index (κ3) is 2.94. The standard InChI is InChI=1S/C22H22N2O2/c1-5-13-24-21(25)19(18-12-11-15(2)14-16(18)3)20(22(24)26)23(4)17-9-7-6-8-10-17/h5-12,14H,1,13H2,2-4H3. The Bertz CT molecular complexity index is 913. The average molecular weight is 346 g/mol. The van der Waals surface area contributed by atoms with Crippen molar-refractivity contribution >= 4 is 23.1 Å². The first-order valence-electron chi connectivity index (χ1n) is 8.53. The number of para-hydroxylation sites is 1. The number of aryl methyl sites for hydroxylation is 2. The second-order valence-corrected chi connectivity index (χ2v) is 6.45. The van der Waals surface area contributed by atoms with Gasteiger partial charge < -0.3 is 4.90 Å². The lowest BCUT2D eigenvalue weighted by Crippen LogP contribution is -2.34. The van der Waals surface area contributed by atoms with Gasteiger partial charge >= 0.3 is 0 Å². The molecule has 26 heavy (non-hydrogen) atoms. The van der Waals surface area contributed by atoms with Gasteiger partial charge in [0.25, 0.3) is 11.8 Å². The van der Waals surface area contributed by atoms with Crippen molar-refractivity contribution in [2.45, 2.75) is 13.8 Å². The molecule has 2 aromatic carbocycles. The maximum atomic E-state index is 13.1. The molecule has 1 aliphatic heterocycles. The van der Waals surface area contributed by atoms with E-state index < -0.39 is 0 Å². The average Bonchev–Trinajstić information content (AvgIpc) is 2.87. The van der Waals surface area contributed by atoms with Gasteiger partial charge in [-0.05, 0) is 37.1 Å². The van der Waals surface area contributed by atoms with E-state index >= 15 is 0 Å². The van der Waals surface area contributed by atoms with Crippen LogP contribution in [-0.2, 0) is 9.59 Å². The molecule has 0 unspecified atom stereocenters. The van der Waals surface area contributed by atoms with E-state index in [9.17, 15) is 9.59 Å². The summed E-state index contributed by atoms with van der Waals surface area (Å²) in [6.45, 7) is 7.83. The van der Waals surface area contributed by atoms with Gasteiger partial charge in [-0.25, -0.2) is 0 Å². The molecule has 0 bridgehead atoms. The minimum Gasteiger partial charge on any atom is -0.339 e. The summed E-state index contributed by atoms with van der Waals surface area (Å²) >= 11 is 0. The Kier molecular flexibility index (Phi) is 4.76. The van der Waals surface area contributed by atoms with Gasteiger partial charge in [-0.2, -0.15) is 0 Å². The number of carbonyl (C=O) groups is 2. The third-order valence-corrected chi connectivity index (χ3v) is 4.59. The van der Waals surface area contributed by atoms with Crippen LogP contribution < -0.4 is 4.90 Å². The van der Waals surface area contributed by atoms with Crippen molar-refractivity contribution in [2.24, 2.45) is 0 Å². The lowest BCUT2D eigenvalue weighted by molar-refractivity contribution is -0.136. The lowest BCUT2D eigenvalue weighted by Gasteiger charge is -2.21. The Labute approximate surface area is 154 Å². The Hall–Kier alpha value is -3.14. The molecule has 0 saturated carbocycles. The van der Waals surface area contributed by atoms with Gasteiger partial charge in [0.15, 0.2) is 0 Å². The highest BCUT2D eigenvalue weighted by Crippen LogP contribution is 2.34. The van der Waals surface area contributed by atoms with Gasteiger partial charge in [-0.3, -0.25) is 14.5 Å². The zero-order valence-corrected chi connectivity index (χ0v) is 15.3. The molecule has 0 N–H and O–H groups in total. The number of nitrogens with zero attached hydrogens (tertiary/aromatic N) is 2. The van der Waals surface area contributed by atoms with E-state index in [-0.39, 0.29) is 18.4 Å². The predicted octanol–water partition coefficient (Wildman–Crippen LogP) is 3.71. The van der Waals surface area contributed by atoms with Crippen LogP contribution in [0.4, 0.5) is 5.69 Å². The number of hydrogen-bond acceptors (Lipinski definition) is 3. The van der Waals surface area contributed by atoms with Gasteiger partial charge in [0.1, 0.15) is 5.70 Å². The second kappa shape index (κ2) is 7.00. The summed E-state index contributed by atoms with van der Waals surface area (Å²) in [5.74, 6) is -0.573. The number of likely N-dealkylation sites (N-methyl/N-ethyl adjacent to an activating group) is 1. The van der Waals surface area contributed by atoms with Crippen molar-refractivity contribution in [2.75, 3.05) is 18.5 Å². The number of anilines is 1. The summed E-state index contributed by atoms with van der Waals surface area (Å²) in [6.07, 6.45) is 1.57. The number of carbonyl (C=O) groups excluding carboxylic acids is 2. The molecule has 1 aliphatic rings. The number of rotatable bonds is 5. The number of benzene rings is 2. The Morgan fingerprint density at radius 1 is 1.04 bits per heavy atom. The van der Waals surface area contributed by atoms with Crippen molar-refractivity contribution in [3.63, 3.8) is 0 Å². The normalized spacial score (nSPS) is 14.2. The maximum absolute atomic E-state index is 13.1. The van der Waals surface area contributed by atoms with Gasteiger partial charge in [-0.15, -0.1) is 6.58 Å². The highest BCUT2D eigenvalue weighted by molar-refractivity contribution is 6.37. The molecule has 0 fully saturated rings. The predicted molar refractivity (Wildman–Crippen MR) is 105 cm³/mol. The lowest BCUT2D eigenvalue weighted by atomic mass is 9.97. The Morgan fingerprint density at radius 2 is 1.73 bits per heavy atom. The Morgan fingerprint density at radius 3 is 2.35 bits per heavy atom. The Balaban J connectivity index is 2.21. The van der Waals surface area contributed by atoms with Crippen LogP contribution in [-0.4, -0.2) is 30.3 Å². The van der Waals surface area contributed by atoms with E-state index in [0.717, 1.165) is 22.4 Å². The van der Waals surface area contributed by atoms with Crippen molar-refractivity contribution in [3.8, 4) is 0 Å². The van der Waals surface area contributed by atoms with E-state index in [1.165, 1.54) is 4.90 Å². The minimum absolute atomic E-state index is 0.193. The number of imide groups is 1. The highest BCUT2D eigenvalue weighted by Gasteiger charge is 2.40. The van der Waals surface area contributed by atoms with Crippen molar-refractivity contribution < 1.29 is 9.59 Å². The molecular weight excluding hydrogens is 324 g/mol. The number of hydrogen-bond donors (Lipinski definition) is 0. The van der Waals surface area contributed by atoms with Crippen LogP contribution in [0.1, 0.15) is 16.7 Å². The van der Waals surface area contributed by atoms with Crippen LogP contribution in [0, 0.1) is 13.8 Å². The molecule has 4 nitrogen and oxygen atoms in total. The van der Waals surface area contributed by atoms with E-state index in [1.807, 2.05) is 69.4 Å². The molecule has 0 saturated heterocycles. The largest absolute Gasteiger partial charge is 0.339 e. The molecule has 132 valence electrons. The molecule has 4 heteroatoms. The molecule has 0 spiro atoms. The first-order valence-corrected chi connectivity index (χ1v) is 8.53. The molecule has 1 heterocycles. The van der Waals surface area contributed by atoms with E-state index in [2.05, 4.69) is 6.58 Å². The fourth-order valence-electron chi connectivity index (χ4n) is 3.29. The second-order valence-electron chi connectivity index (χ2n) is 6.45. The van der Waals surface area contributed by atoms with Gasteiger partial charge in [-0.1, -0.05) is 48.0 Å². The number of amides is 2. The molecule has 0 atom stereocenters. The highest BCUT2D eigenvalue weighted by atomic mass is 16.2. The van der Waals surface area contributed by atoms with Crippen LogP contribution in [0.5, 0.6) is 0 Å². The third-order valence-electron chi connectivity index (χ3n) is 4.59. The first-order chi connectivity index (χ1) is 12.5. The van der Waals surface area contributed by atoms with Crippen molar-refractivity contribution in [1.82, 2.24) is 4.90 Å². The summed E-state index contributed by atoms with van der Waals surface area (Å²) in [7, 11) is 1.82. The van der Waals surface area contributed by atoms with Gasteiger partial charge in [0, 0.05) is 19.3 Å². The maximum Gasteiger partial charge on any atom is 0.278 e. The minimum atomic E-state index is -0.295. The van der Waals surface area contributed by atoms with Crippen LogP contribution in [0.25, 0.3) is 5.57 Å². The van der Waals surface area contributed by atoms with Crippen LogP contribution in [0.2, 0.25) is 0 Å². The van der Waals surface area contributed by atoms with Crippen molar-refractivity contribution in [3.05, 3.63) is 83.6 Å². The molecule has 0 aliphatic carbocycles. The zero-order chi connectivity index (χ0) is 18.8. The molecule has 2 amide bonds. The van der Waals surface area contributed by atoms with Gasteiger partial charge in [0.2, 0.25) is 0 Å². The quantitative estimate of drug-likeness (QED) is 0.612. The molecular formula is C22H22N2O2. The molecule has 0 aromatic heterocycles. The van der Waals surface area contributed by atoms with E-state index in [1.54, 1.807) is 11.0 Å². The van der Waals surface area contributed by atoms with Gasteiger partial charge in [0.05, 0.1) is 5.57 Å². The molecule has 3 rings (SSSR count). The monoisotopic (exact) mass is 346 g/mol. The van der Waals surface area contributed by atoms with E-state index in [0.29, 0.717) is 11.3 Å². The fourth-order valence-corrected chi connectivity index (χ4v) is 3.29. The molecule has 2 aromatic rings.